The van der Waals surface area contributed by atoms with Crippen LogP contribution in [0.1, 0.15) is 58.7 Å². The van der Waals surface area contributed by atoms with Crippen molar-refractivity contribution in [2.24, 2.45) is 5.41 Å². The standard InChI is InChI=1S/C30H35N3O5S3/c1-19-8-12-23(13-9-19)27(34)38-17-7-16-30(5,6)18-39-28-25-26(31-29(35)33(25)21(3)22(4)40-28)32-41(36,37)24-14-10-20(2)11-15-24/h8-15H,7,16-18H2,1-6H3,(H,31,32,35). The molecule has 1 N–H and O–H groups in total. The minimum absolute atomic E-state index is 0.0262. The highest BCUT2D eigenvalue weighted by molar-refractivity contribution is 8.01. The van der Waals surface area contributed by atoms with Gasteiger partial charge in [-0.3, -0.25) is 9.29 Å². The lowest BCUT2D eigenvalue weighted by molar-refractivity contribution is 0.0488. The van der Waals surface area contributed by atoms with Gasteiger partial charge in [-0.1, -0.05) is 49.2 Å². The second-order valence-corrected chi connectivity index (χ2v) is 15.1. The highest BCUT2D eigenvalue weighted by Crippen LogP contribution is 2.41. The summed E-state index contributed by atoms with van der Waals surface area (Å²) in [5.41, 5.74) is 3.11. The number of nitrogens with one attached hydrogen (secondary N) is 1. The number of aromatic nitrogens is 2. The average molecular weight is 614 g/mol. The lowest BCUT2D eigenvalue weighted by atomic mass is 9.90. The Bertz CT molecular complexity index is 1670. The molecule has 4 rings (SSSR count). The van der Waals surface area contributed by atoms with Crippen molar-refractivity contribution in [1.82, 2.24) is 9.55 Å². The van der Waals surface area contributed by atoms with Crippen molar-refractivity contribution in [1.29, 1.82) is 0 Å². The number of aryl methyl sites for hydroxylation is 3. The van der Waals surface area contributed by atoms with E-state index in [1.165, 1.54) is 28.0 Å². The quantitative estimate of drug-likeness (QED) is 0.117. The molecular formula is C30H35N3O5S3. The number of sulfonamides is 1. The number of carbonyl (C=O) groups excluding carboxylic acids is 1. The summed E-state index contributed by atoms with van der Waals surface area (Å²) >= 11 is 3.09. The molecule has 0 bridgehead atoms. The van der Waals surface area contributed by atoms with E-state index in [4.69, 9.17) is 4.74 Å². The number of carbonyl (C=O) groups is 1. The molecule has 8 nitrogen and oxygen atoms in total. The van der Waals surface area contributed by atoms with E-state index in [9.17, 15) is 18.0 Å². The summed E-state index contributed by atoms with van der Waals surface area (Å²) in [6, 6.07) is 13.8. The van der Waals surface area contributed by atoms with E-state index in [0.717, 1.165) is 32.3 Å². The molecule has 2 aromatic rings. The predicted octanol–water partition coefficient (Wildman–Crippen LogP) is 6.52. The molecule has 0 unspecified atom stereocenters. The first-order chi connectivity index (χ1) is 19.3. The van der Waals surface area contributed by atoms with Crippen molar-refractivity contribution in [2.45, 2.75) is 63.5 Å². The van der Waals surface area contributed by atoms with Gasteiger partial charge in [-0.2, -0.15) is 4.98 Å². The highest BCUT2D eigenvalue weighted by Gasteiger charge is 2.28. The Morgan fingerprint density at radius 2 is 1.63 bits per heavy atom. The van der Waals surface area contributed by atoms with Crippen LogP contribution >= 0.6 is 23.1 Å². The highest BCUT2D eigenvalue weighted by atomic mass is 32.2. The van der Waals surface area contributed by atoms with Crippen LogP contribution in [-0.2, 0) is 14.8 Å². The fraction of sp³-hybridized carbons (Fsp3) is 0.367. The minimum Gasteiger partial charge on any atom is -0.462 e. The van der Waals surface area contributed by atoms with Gasteiger partial charge in [0.25, 0.3) is 10.0 Å². The zero-order valence-corrected chi connectivity index (χ0v) is 26.6. The molecule has 0 aromatic heterocycles. The Balaban J connectivity index is 1.47. The largest absolute Gasteiger partial charge is 0.462 e. The number of anilines is 1. The van der Waals surface area contributed by atoms with Crippen LogP contribution in [0.3, 0.4) is 0 Å². The van der Waals surface area contributed by atoms with Gasteiger partial charge >= 0.3 is 11.7 Å². The maximum absolute atomic E-state index is 13.1. The molecule has 2 aromatic carbocycles. The number of hydrogen-bond donors (Lipinski definition) is 1. The Morgan fingerprint density at radius 1 is 1.02 bits per heavy atom. The Labute approximate surface area is 249 Å². The molecule has 0 atom stereocenters. The lowest BCUT2D eigenvalue weighted by Crippen LogP contribution is -2.19. The van der Waals surface area contributed by atoms with Crippen LogP contribution < -0.4 is 10.4 Å². The molecule has 2 aliphatic rings. The van der Waals surface area contributed by atoms with Crippen LogP contribution in [0.5, 0.6) is 0 Å². The van der Waals surface area contributed by atoms with Crippen LogP contribution in [0.4, 0.5) is 5.82 Å². The van der Waals surface area contributed by atoms with E-state index < -0.39 is 15.7 Å². The number of hydrogen-bond acceptors (Lipinski definition) is 8. The zero-order chi connectivity index (χ0) is 29.9. The van der Waals surface area contributed by atoms with Gasteiger partial charge in [-0.25, -0.2) is 18.0 Å². The molecule has 2 aliphatic heterocycles. The average Bonchev–Trinajstić information content (AvgIpc) is 3.23. The minimum atomic E-state index is -3.95. The number of thioether (sulfide) groups is 1. The Hall–Kier alpha value is -3.15. The van der Waals surface area contributed by atoms with Crippen molar-refractivity contribution in [3.05, 3.63) is 86.3 Å². The summed E-state index contributed by atoms with van der Waals surface area (Å²) in [7, 11) is -3.95. The molecule has 0 amide bonds. The SMILES string of the molecule is Cc1ccc(C(=O)OCCCC(C)(C)CSc2sc(C)c(C)n3c(=O)nc(NS(=O)(=O)c4ccc(C)cc4)c2-3)cc1. The van der Waals surface area contributed by atoms with Crippen molar-refractivity contribution < 1.29 is 17.9 Å². The van der Waals surface area contributed by atoms with Gasteiger partial charge in [0.2, 0.25) is 0 Å². The third-order valence-electron chi connectivity index (χ3n) is 6.81. The monoisotopic (exact) mass is 613 g/mol. The van der Waals surface area contributed by atoms with Crippen molar-refractivity contribution in [2.75, 3.05) is 17.1 Å². The third kappa shape index (κ3) is 7.38. The fourth-order valence-corrected chi connectivity index (χ4v) is 7.80. The van der Waals surface area contributed by atoms with E-state index in [1.807, 2.05) is 39.8 Å². The fourth-order valence-electron chi connectivity index (χ4n) is 4.21. The second kappa shape index (κ2) is 12.4. The number of benzene rings is 2. The summed E-state index contributed by atoms with van der Waals surface area (Å²) in [4.78, 5) is 30.4. The van der Waals surface area contributed by atoms with Gasteiger partial charge in [0.1, 0.15) is 5.69 Å². The molecular weight excluding hydrogens is 579 g/mol. The van der Waals surface area contributed by atoms with Crippen molar-refractivity contribution >= 4 is 44.9 Å². The van der Waals surface area contributed by atoms with Crippen LogP contribution in [0, 0.1) is 33.1 Å². The number of esters is 1. The second-order valence-electron chi connectivity index (χ2n) is 10.9. The maximum Gasteiger partial charge on any atom is 0.354 e. The molecule has 0 spiro atoms. The van der Waals surface area contributed by atoms with Crippen LogP contribution in [0.15, 0.2) is 62.4 Å². The van der Waals surface area contributed by atoms with Gasteiger partial charge in [-0.15, -0.1) is 23.1 Å². The number of nitrogens with zero attached hydrogens (tertiary/aromatic N) is 2. The maximum atomic E-state index is 13.1. The van der Waals surface area contributed by atoms with Gasteiger partial charge in [0, 0.05) is 16.3 Å². The zero-order valence-electron chi connectivity index (χ0n) is 24.1. The van der Waals surface area contributed by atoms with E-state index in [2.05, 4.69) is 23.6 Å². The molecule has 11 heteroatoms. The summed E-state index contributed by atoms with van der Waals surface area (Å²) in [6.45, 7) is 12.2. The summed E-state index contributed by atoms with van der Waals surface area (Å²) in [5.74, 6) is 0.404. The number of fused-ring (bicyclic) bond motifs is 1. The van der Waals surface area contributed by atoms with Gasteiger partial charge in [0.05, 0.1) is 21.3 Å². The van der Waals surface area contributed by atoms with Crippen molar-refractivity contribution in [3.63, 3.8) is 0 Å². The topological polar surface area (TPSA) is 107 Å². The molecule has 41 heavy (non-hydrogen) atoms. The Morgan fingerprint density at radius 3 is 2.27 bits per heavy atom. The number of ether oxygens (including phenoxy) is 1. The van der Waals surface area contributed by atoms with Crippen LogP contribution in [0.25, 0.3) is 5.69 Å². The van der Waals surface area contributed by atoms with E-state index in [1.54, 1.807) is 36.0 Å². The normalized spacial score (nSPS) is 12.0. The molecule has 0 saturated heterocycles. The summed E-state index contributed by atoms with van der Waals surface area (Å²) in [6.07, 6.45) is 1.52. The van der Waals surface area contributed by atoms with Crippen LogP contribution in [0.2, 0.25) is 0 Å². The van der Waals surface area contributed by atoms with Crippen molar-refractivity contribution in [3.8, 4) is 5.69 Å². The molecule has 0 fully saturated rings. The van der Waals surface area contributed by atoms with Gasteiger partial charge in [-0.05, 0) is 70.2 Å². The molecule has 218 valence electrons. The van der Waals surface area contributed by atoms with E-state index in [0.29, 0.717) is 30.0 Å². The van der Waals surface area contributed by atoms with Gasteiger partial charge < -0.3 is 4.74 Å². The van der Waals surface area contributed by atoms with Gasteiger partial charge in [0.15, 0.2) is 5.82 Å². The van der Waals surface area contributed by atoms with Crippen LogP contribution in [-0.4, -0.2) is 36.3 Å². The molecule has 0 saturated carbocycles. The summed E-state index contributed by atoms with van der Waals surface area (Å²) in [5, 5.41) is 0. The lowest BCUT2D eigenvalue weighted by Gasteiger charge is -2.25. The third-order valence-corrected chi connectivity index (χ3v) is 11.1. The molecule has 0 aliphatic carbocycles. The summed E-state index contributed by atoms with van der Waals surface area (Å²) < 4.78 is 36.6. The van der Waals surface area contributed by atoms with E-state index >= 15 is 0 Å². The first-order valence-corrected chi connectivity index (χ1v) is 16.5. The Kier molecular flexibility index (Phi) is 9.30. The first kappa shape index (κ1) is 30.8. The number of rotatable bonds is 11. The smallest absolute Gasteiger partial charge is 0.354 e. The predicted molar refractivity (Wildman–Crippen MR) is 166 cm³/mol. The van der Waals surface area contributed by atoms with E-state index in [-0.39, 0.29) is 22.1 Å². The first-order valence-electron chi connectivity index (χ1n) is 13.3. The molecule has 2 heterocycles. The number of imidazole rings is 1. The molecule has 0 radical (unpaired) electrons.